The number of carbonyl (C=O) groups excluding carboxylic acids is 1. The molecule has 8 heteroatoms. The molecule has 0 aliphatic heterocycles. The molecule has 1 aromatic heterocycles. The molecule has 132 valence electrons. The Labute approximate surface area is 155 Å². The molecule has 0 aliphatic carbocycles. The lowest BCUT2D eigenvalue weighted by molar-refractivity contribution is 0.0462. The molecule has 0 saturated heterocycles. The molecule has 26 heavy (non-hydrogen) atoms. The summed E-state index contributed by atoms with van der Waals surface area (Å²) in [4.78, 5) is 24.3. The van der Waals surface area contributed by atoms with Crippen LogP contribution in [0.1, 0.15) is 21.7 Å². The first-order valence-electron chi connectivity index (χ1n) is 7.77. The van der Waals surface area contributed by atoms with Crippen LogP contribution in [0.15, 0.2) is 48.5 Å². The Morgan fingerprint density at radius 3 is 2.58 bits per heavy atom. The number of anilines is 3. The van der Waals surface area contributed by atoms with E-state index in [0.717, 1.165) is 11.3 Å². The van der Waals surface area contributed by atoms with Crippen molar-refractivity contribution >= 4 is 35.2 Å². The van der Waals surface area contributed by atoms with Crippen LogP contribution in [0.25, 0.3) is 0 Å². The van der Waals surface area contributed by atoms with Crippen LogP contribution in [0.2, 0.25) is 5.02 Å². The number of nitrogens with zero attached hydrogens (tertiary/aromatic N) is 3. The van der Waals surface area contributed by atoms with Crippen molar-refractivity contribution in [3.05, 3.63) is 70.5 Å². The highest BCUT2D eigenvalue weighted by molar-refractivity contribution is 6.30. The number of rotatable bonds is 5. The minimum absolute atomic E-state index is 0.0358. The standard InChI is InChI=1S/C18H16ClN5O2/c1-11-4-2-3-5-14(11)21-18-23-15(22-17(20)24-18)10-26-16(25)12-6-8-13(19)9-7-12/h2-9H,10H2,1H3,(H3,20,21,22,23,24). The van der Waals surface area contributed by atoms with E-state index in [1.54, 1.807) is 24.3 Å². The van der Waals surface area contributed by atoms with Crippen molar-refractivity contribution in [2.24, 2.45) is 0 Å². The summed E-state index contributed by atoms with van der Waals surface area (Å²) < 4.78 is 5.22. The Hall–Kier alpha value is -3.19. The number of aromatic nitrogens is 3. The fourth-order valence-electron chi connectivity index (χ4n) is 2.19. The molecule has 0 saturated carbocycles. The molecule has 7 nitrogen and oxygen atoms in total. The van der Waals surface area contributed by atoms with E-state index in [0.29, 0.717) is 10.6 Å². The van der Waals surface area contributed by atoms with Crippen LogP contribution >= 0.6 is 11.6 Å². The number of halogens is 1. The number of esters is 1. The number of benzene rings is 2. The zero-order valence-corrected chi connectivity index (χ0v) is 14.7. The van der Waals surface area contributed by atoms with Crippen LogP contribution in [0, 0.1) is 6.92 Å². The molecular weight excluding hydrogens is 354 g/mol. The van der Waals surface area contributed by atoms with Crippen molar-refractivity contribution in [3.8, 4) is 0 Å². The van der Waals surface area contributed by atoms with Gasteiger partial charge in [0.25, 0.3) is 0 Å². The van der Waals surface area contributed by atoms with Gasteiger partial charge >= 0.3 is 5.97 Å². The van der Waals surface area contributed by atoms with Crippen LogP contribution in [-0.2, 0) is 11.3 Å². The third-order valence-corrected chi connectivity index (χ3v) is 3.75. The summed E-state index contributed by atoms with van der Waals surface area (Å²) in [6, 6.07) is 14.1. The second-order valence-corrected chi connectivity index (χ2v) is 5.89. The van der Waals surface area contributed by atoms with Crippen LogP contribution < -0.4 is 11.1 Å². The monoisotopic (exact) mass is 369 g/mol. The first kappa shape index (κ1) is 17.6. The number of carbonyl (C=O) groups is 1. The fraction of sp³-hybridized carbons (Fsp3) is 0.111. The van der Waals surface area contributed by atoms with Gasteiger partial charge in [-0.3, -0.25) is 0 Å². The van der Waals surface area contributed by atoms with Gasteiger partial charge < -0.3 is 15.8 Å². The number of nitrogen functional groups attached to an aromatic ring is 1. The van der Waals surface area contributed by atoms with E-state index in [1.165, 1.54) is 0 Å². The van der Waals surface area contributed by atoms with Gasteiger partial charge in [-0.15, -0.1) is 0 Å². The zero-order chi connectivity index (χ0) is 18.5. The normalized spacial score (nSPS) is 10.4. The van der Waals surface area contributed by atoms with E-state index in [9.17, 15) is 4.79 Å². The Morgan fingerprint density at radius 2 is 1.85 bits per heavy atom. The lowest BCUT2D eigenvalue weighted by Crippen LogP contribution is -2.11. The van der Waals surface area contributed by atoms with Crippen molar-refractivity contribution < 1.29 is 9.53 Å². The second-order valence-electron chi connectivity index (χ2n) is 5.46. The highest BCUT2D eigenvalue weighted by Gasteiger charge is 2.11. The first-order valence-corrected chi connectivity index (χ1v) is 8.15. The molecule has 0 aliphatic rings. The number of hydrogen-bond acceptors (Lipinski definition) is 7. The van der Waals surface area contributed by atoms with E-state index in [2.05, 4.69) is 20.3 Å². The lowest BCUT2D eigenvalue weighted by atomic mass is 10.2. The Kier molecular flexibility index (Phi) is 5.28. The summed E-state index contributed by atoms with van der Waals surface area (Å²) in [5.41, 5.74) is 7.99. The maximum atomic E-state index is 12.1. The number of ether oxygens (including phenoxy) is 1. The molecule has 0 spiro atoms. The highest BCUT2D eigenvalue weighted by Crippen LogP contribution is 2.18. The second kappa shape index (κ2) is 7.79. The fourth-order valence-corrected chi connectivity index (χ4v) is 2.32. The lowest BCUT2D eigenvalue weighted by Gasteiger charge is -2.09. The van der Waals surface area contributed by atoms with Crippen molar-refractivity contribution in [1.29, 1.82) is 0 Å². The molecule has 0 unspecified atom stereocenters. The zero-order valence-electron chi connectivity index (χ0n) is 13.9. The molecule has 0 atom stereocenters. The average molecular weight is 370 g/mol. The Balaban J connectivity index is 1.70. The van der Waals surface area contributed by atoms with E-state index in [-0.39, 0.29) is 24.3 Å². The maximum Gasteiger partial charge on any atom is 0.338 e. The van der Waals surface area contributed by atoms with Crippen LogP contribution in [-0.4, -0.2) is 20.9 Å². The third-order valence-electron chi connectivity index (χ3n) is 3.50. The molecule has 1 heterocycles. The largest absolute Gasteiger partial charge is 0.454 e. The van der Waals surface area contributed by atoms with Gasteiger partial charge in [-0.05, 0) is 42.8 Å². The molecule has 0 radical (unpaired) electrons. The minimum atomic E-state index is -0.505. The van der Waals surface area contributed by atoms with Crippen molar-refractivity contribution in [3.63, 3.8) is 0 Å². The van der Waals surface area contributed by atoms with Crippen LogP contribution in [0.5, 0.6) is 0 Å². The summed E-state index contributed by atoms with van der Waals surface area (Å²) >= 11 is 5.80. The SMILES string of the molecule is Cc1ccccc1Nc1nc(N)nc(COC(=O)c2ccc(Cl)cc2)n1. The van der Waals surface area contributed by atoms with Gasteiger partial charge in [0, 0.05) is 10.7 Å². The Bertz CT molecular complexity index is 931. The smallest absolute Gasteiger partial charge is 0.338 e. The van der Waals surface area contributed by atoms with Gasteiger partial charge in [-0.1, -0.05) is 29.8 Å². The average Bonchev–Trinajstić information content (AvgIpc) is 2.62. The van der Waals surface area contributed by atoms with E-state index < -0.39 is 5.97 Å². The maximum absolute atomic E-state index is 12.1. The third kappa shape index (κ3) is 4.46. The molecular formula is C18H16ClN5O2. The molecule has 0 bridgehead atoms. The van der Waals surface area contributed by atoms with Gasteiger partial charge in [-0.25, -0.2) is 4.79 Å². The number of nitrogens with two attached hydrogens (primary N) is 1. The van der Waals surface area contributed by atoms with Gasteiger partial charge in [0.05, 0.1) is 5.56 Å². The van der Waals surface area contributed by atoms with Crippen molar-refractivity contribution in [1.82, 2.24) is 15.0 Å². The minimum Gasteiger partial charge on any atom is -0.454 e. The number of para-hydroxylation sites is 1. The van der Waals surface area contributed by atoms with E-state index in [1.807, 2.05) is 31.2 Å². The number of hydrogen-bond donors (Lipinski definition) is 2. The molecule has 2 aromatic carbocycles. The van der Waals surface area contributed by atoms with Gasteiger partial charge in [0.2, 0.25) is 11.9 Å². The summed E-state index contributed by atoms with van der Waals surface area (Å²) in [6.45, 7) is 1.83. The summed E-state index contributed by atoms with van der Waals surface area (Å²) in [6.07, 6.45) is 0. The topological polar surface area (TPSA) is 103 Å². The number of nitrogens with one attached hydrogen (secondary N) is 1. The van der Waals surface area contributed by atoms with Crippen LogP contribution in [0.3, 0.4) is 0 Å². The molecule has 0 fully saturated rings. The highest BCUT2D eigenvalue weighted by atomic mass is 35.5. The predicted octanol–water partition coefficient (Wildman–Crippen LogP) is 3.52. The van der Waals surface area contributed by atoms with E-state index in [4.69, 9.17) is 22.1 Å². The number of aryl methyl sites for hydroxylation is 1. The summed E-state index contributed by atoms with van der Waals surface area (Å²) in [5.74, 6) is 0.0583. The van der Waals surface area contributed by atoms with Crippen LogP contribution in [0.4, 0.5) is 17.6 Å². The molecule has 3 aromatic rings. The molecule has 3 N–H and O–H groups in total. The van der Waals surface area contributed by atoms with Crippen molar-refractivity contribution in [2.75, 3.05) is 11.1 Å². The molecule has 0 amide bonds. The van der Waals surface area contributed by atoms with Gasteiger partial charge in [0.1, 0.15) is 0 Å². The first-order chi connectivity index (χ1) is 12.5. The van der Waals surface area contributed by atoms with Gasteiger partial charge in [-0.2, -0.15) is 15.0 Å². The summed E-state index contributed by atoms with van der Waals surface area (Å²) in [5, 5.41) is 3.62. The molecule has 3 rings (SSSR count). The predicted molar refractivity (Wildman–Crippen MR) is 99.3 cm³/mol. The van der Waals surface area contributed by atoms with Gasteiger partial charge in [0.15, 0.2) is 12.4 Å². The quantitative estimate of drug-likeness (QED) is 0.663. The van der Waals surface area contributed by atoms with Crippen molar-refractivity contribution in [2.45, 2.75) is 13.5 Å². The van der Waals surface area contributed by atoms with E-state index >= 15 is 0 Å². The summed E-state index contributed by atoms with van der Waals surface area (Å²) in [7, 11) is 0. The Morgan fingerprint density at radius 1 is 1.12 bits per heavy atom.